The Morgan fingerprint density at radius 2 is 2.16 bits per heavy atom. The van der Waals surface area contributed by atoms with E-state index in [4.69, 9.17) is 4.74 Å². The van der Waals surface area contributed by atoms with Crippen molar-refractivity contribution in [1.29, 1.82) is 0 Å². The molecule has 1 N–H and O–H groups in total. The van der Waals surface area contributed by atoms with E-state index < -0.39 is 5.60 Å². The number of hydrogen-bond acceptors (Lipinski definition) is 5. The number of aryl methyl sites for hydroxylation is 1. The number of nitrogens with zero attached hydrogens (tertiary/aromatic N) is 3. The number of rotatable bonds is 5. The first-order valence-corrected chi connectivity index (χ1v) is 8.96. The summed E-state index contributed by atoms with van der Waals surface area (Å²) in [6, 6.07) is 5.79. The molecule has 2 fully saturated rings. The van der Waals surface area contributed by atoms with Gasteiger partial charge in [-0.2, -0.15) is 0 Å². The Hall–Kier alpha value is -2.44. The standard InChI is InChI=1S/C18H22N4O3/c23-16-12-13(18(25-16)8-2-3-9-18)17(24)19-10-5-7-15-21-20-14-6-1-4-11-22(14)15/h1,4,6,11,13H,2-3,5,7-10,12H2,(H,19,24). The van der Waals surface area contributed by atoms with Crippen LogP contribution in [-0.4, -0.2) is 38.6 Å². The van der Waals surface area contributed by atoms with Crippen LogP contribution in [0.3, 0.4) is 0 Å². The van der Waals surface area contributed by atoms with Crippen molar-refractivity contribution in [3.05, 3.63) is 30.2 Å². The summed E-state index contributed by atoms with van der Waals surface area (Å²) in [5.74, 6) is 0.253. The molecular weight excluding hydrogens is 320 g/mol. The van der Waals surface area contributed by atoms with Crippen LogP contribution in [0.15, 0.2) is 24.4 Å². The van der Waals surface area contributed by atoms with Crippen molar-refractivity contribution < 1.29 is 14.3 Å². The number of nitrogens with one attached hydrogen (secondary N) is 1. The molecule has 0 bridgehead atoms. The number of aromatic nitrogens is 3. The lowest BCUT2D eigenvalue weighted by Crippen LogP contribution is -2.43. The second-order valence-corrected chi connectivity index (χ2v) is 6.94. The lowest BCUT2D eigenvalue weighted by molar-refractivity contribution is -0.149. The van der Waals surface area contributed by atoms with Crippen LogP contribution in [0, 0.1) is 5.92 Å². The first-order valence-electron chi connectivity index (χ1n) is 8.96. The maximum Gasteiger partial charge on any atom is 0.307 e. The van der Waals surface area contributed by atoms with Crippen molar-refractivity contribution in [2.75, 3.05) is 6.54 Å². The molecule has 1 aliphatic heterocycles. The summed E-state index contributed by atoms with van der Waals surface area (Å²) in [6.45, 7) is 0.557. The first-order chi connectivity index (χ1) is 12.2. The third kappa shape index (κ3) is 2.99. The van der Waals surface area contributed by atoms with Crippen LogP contribution in [-0.2, 0) is 20.7 Å². The Kier molecular flexibility index (Phi) is 4.15. The summed E-state index contributed by atoms with van der Waals surface area (Å²) < 4.78 is 7.49. The zero-order chi connectivity index (χ0) is 17.3. The first kappa shape index (κ1) is 16.1. The monoisotopic (exact) mass is 342 g/mol. The molecule has 25 heavy (non-hydrogen) atoms. The molecule has 3 heterocycles. The molecule has 1 saturated carbocycles. The molecule has 1 unspecified atom stereocenters. The summed E-state index contributed by atoms with van der Waals surface area (Å²) in [5.41, 5.74) is 0.288. The van der Waals surface area contributed by atoms with Crippen molar-refractivity contribution in [2.45, 2.75) is 50.5 Å². The molecular formula is C18H22N4O3. The van der Waals surface area contributed by atoms with Gasteiger partial charge in [-0.15, -0.1) is 10.2 Å². The SMILES string of the molecule is O=C1CC(C(=O)NCCCc2nnc3ccccn23)C2(CCCC2)O1. The Morgan fingerprint density at radius 1 is 1.32 bits per heavy atom. The fourth-order valence-electron chi connectivity index (χ4n) is 4.09. The Bertz CT molecular complexity index is 794. The average Bonchev–Trinajstić information content (AvgIpc) is 3.32. The molecule has 132 valence electrons. The normalized spacial score (nSPS) is 21.8. The molecule has 0 aromatic carbocycles. The van der Waals surface area contributed by atoms with Crippen molar-refractivity contribution in [3.8, 4) is 0 Å². The van der Waals surface area contributed by atoms with Crippen LogP contribution >= 0.6 is 0 Å². The van der Waals surface area contributed by atoms with E-state index in [1.54, 1.807) is 0 Å². The fraction of sp³-hybridized carbons (Fsp3) is 0.556. The van der Waals surface area contributed by atoms with Gasteiger partial charge in [0, 0.05) is 19.2 Å². The molecule has 1 atom stereocenters. The van der Waals surface area contributed by atoms with Gasteiger partial charge in [0.2, 0.25) is 5.91 Å². The molecule has 1 aliphatic carbocycles. The third-order valence-corrected chi connectivity index (χ3v) is 5.35. The number of carbonyl (C=O) groups excluding carboxylic acids is 2. The molecule has 4 rings (SSSR count). The van der Waals surface area contributed by atoms with E-state index in [9.17, 15) is 9.59 Å². The highest BCUT2D eigenvalue weighted by Gasteiger charge is 2.53. The van der Waals surface area contributed by atoms with Crippen LogP contribution in [0.4, 0.5) is 0 Å². The average molecular weight is 342 g/mol. The molecule has 7 heteroatoms. The molecule has 2 aliphatic rings. The predicted molar refractivity (Wildman–Crippen MR) is 89.7 cm³/mol. The van der Waals surface area contributed by atoms with Gasteiger partial charge in [-0.25, -0.2) is 0 Å². The smallest absolute Gasteiger partial charge is 0.307 e. The number of carbonyl (C=O) groups is 2. The van der Waals surface area contributed by atoms with Crippen molar-refractivity contribution in [2.24, 2.45) is 5.92 Å². The second kappa shape index (κ2) is 6.46. The largest absolute Gasteiger partial charge is 0.458 e. The predicted octanol–water partition coefficient (Wildman–Crippen LogP) is 1.65. The van der Waals surface area contributed by atoms with E-state index in [0.717, 1.165) is 50.0 Å². The van der Waals surface area contributed by atoms with E-state index in [-0.39, 0.29) is 24.2 Å². The topological polar surface area (TPSA) is 85.6 Å². The summed E-state index contributed by atoms with van der Waals surface area (Å²) in [6.07, 6.45) is 7.32. The summed E-state index contributed by atoms with van der Waals surface area (Å²) in [4.78, 5) is 24.3. The van der Waals surface area contributed by atoms with Crippen LogP contribution < -0.4 is 5.32 Å². The van der Waals surface area contributed by atoms with Gasteiger partial charge in [0.25, 0.3) is 0 Å². The summed E-state index contributed by atoms with van der Waals surface area (Å²) >= 11 is 0. The Labute approximate surface area is 145 Å². The van der Waals surface area contributed by atoms with E-state index in [1.165, 1.54) is 0 Å². The molecule has 7 nitrogen and oxygen atoms in total. The summed E-state index contributed by atoms with van der Waals surface area (Å²) in [7, 11) is 0. The van der Waals surface area contributed by atoms with Crippen LogP contribution in [0.5, 0.6) is 0 Å². The van der Waals surface area contributed by atoms with Crippen molar-refractivity contribution in [1.82, 2.24) is 19.9 Å². The van der Waals surface area contributed by atoms with E-state index in [2.05, 4.69) is 15.5 Å². The van der Waals surface area contributed by atoms with Gasteiger partial charge >= 0.3 is 5.97 Å². The van der Waals surface area contributed by atoms with Gasteiger partial charge in [0.1, 0.15) is 11.4 Å². The maximum absolute atomic E-state index is 12.5. The number of hydrogen-bond donors (Lipinski definition) is 1. The minimum absolute atomic E-state index is 0.0566. The van der Waals surface area contributed by atoms with E-state index >= 15 is 0 Å². The minimum Gasteiger partial charge on any atom is -0.458 e. The van der Waals surface area contributed by atoms with Crippen LogP contribution in [0.25, 0.3) is 5.65 Å². The zero-order valence-corrected chi connectivity index (χ0v) is 14.1. The molecule has 0 radical (unpaired) electrons. The summed E-state index contributed by atoms with van der Waals surface area (Å²) in [5, 5.41) is 11.3. The van der Waals surface area contributed by atoms with Crippen molar-refractivity contribution in [3.63, 3.8) is 0 Å². The highest BCUT2D eigenvalue weighted by molar-refractivity contribution is 5.87. The number of ether oxygens (including phenoxy) is 1. The van der Waals surface area contributed by atoms with Gasteiger partial charge in [-0.05, 0) is 44.2 Å². The van der Waals surface area contributed by atoms with Gasteiger partial charge in [0.05, 0.1) is 12.3 Å². The Balaban J connectivity index is 1.31. The van der Waals surface area contributed by atoms with Gasteiger partial charge in [-0.3, -0.25) is 14.0 Å². The number of amides is 1. The highest BCUT2D eigenvalue weighted by atomic mass is 16.6. The molecule has 1 amide bonds. The van der Waals surface area contributed by atoms with Crippen LogP contribution in [0.2, 0.25) is 0 Å². The molecule has 1 spiro atoms. The lowest BCUT2D eigenvalue weighted by atomic mass is 9.85. The highest BCUT2D eigenvalue weighted by Crippen LogP contribution is 2.45. The number of esters is 1. The number of pyridine rings is 1. The quantitative estimate of drug-likeness (QED) is 0.660. The van der Waals surface area contributed by atoms with E-state index in [0.29, 0.717) is 6.54 Å². The molecule has 2 aromatic heterocycles. The second-order valence-electron chi connectivity index (χ2n) is 6.94. The Morgan fingerprint density at radius 3 is 3.00 bits per heavy atom. The lowest BCUT2D eigenvalue weighted by Gasteiger charge is -2.27. The zero-order valence-electron chi connectivity index (χ0n) is 14.1. The third-order valence-electron chi connectivity index (χ3n) is 5.35. The van der Waals surface area contributed by atoms with Gasteiger partial charge < -0.3 is 10.1 Å². The van der Waals surface area contributed by atoms with E-state index in [1.807, 2.05) is 28.8 Å². The molecule has 2 aromatic rings. The maximum atomic E-state index is 12.5. The minimum atomic E-state index is -0.537. The van der Waals surface area contributed by atoms with Gasteiger partial charge in [-0.1, -0.05) is 6.07 Å². The number of fused-ring (bicyclic) bond motifs is 1. The van der Waals surface area contributed by atoms with Crippen LogP contribution in [0.1, 0.15) is 44.3 Å². The van der Waals surface area contributed by atoms with Gasteiger partial charge in [0.15, 0.2) is 5.65 Å². The fourth-order valence-corrected chi connectivity index (χ4v) is 4.09. The van der Waals surface area contributed by atoms with Crippen molar-refractivity contribution >= 4 is 17.5 Å². The molecule has 1 saturated heterocycles.